The molecule has 2 amide bonds. The zero-order valence-corrected chi connectivity index (χ0v) is 13.3. The number of nitrogens with zero attached hydrogens (tertiary/aromatic N) is 1. The lowest BCUT2D eigenvalue weighted by atomic mass is 10.2. The molecule has 1 unspecified atom stereocenters. The average Bonchev–Trinajstić information content (AvgIpc) is 2.95. The Kier molecular flexibility index (Phi) is 5.09. The van der Waals surface area contributed by atoms with E-state index in [9.17, 15) is 14.0 Å². The van der Waals surface area contributed by atoms with Crippen LogP contribution in [-0.2, 0) is 9.59 Å². The first-order chi connectivity index (χ1) is 10.9. The largest absolute Gasteiger partial charge is 0.340 e. The van der Waals surface area contributed by atoms with Crippen LogP contribution in [0.1, 0.15) is 28.3 Å². The topological polar surface area (TPSA) is 82.0 Å². The Morgan fingerprint density at radius 3 is 2.61 bits per heavy atom. The van der Waals surface area contributed by atoms with Gasteiger partial charge >= 0.3 is 11.8 Å². The lowest BCUT2D eigenvalue weighted by molar-refractivity contribution is -0.136. The summed E-state index contributed by atoms with van der Waals surface area (Å²) in [7, 11) is 0. The summed E-state index contributed by atoms with van der Waals surface area (Å²) < 4.78 is 13.2. The highest BCUT2D eigenvalue weighted by molar-refractivity contribution is 7.12. The number of hydrogen-bond donors (Lipinski definition) is 2. The summed E-state index contributed by atoms with van der Waals surface area (Å²) in [5.41, 5.74) is -0.0200. The summed E-state index contributed by atoms with van der Waals surface area (Å²) in [4.78, 5) is 25.8. The number of carbonyl (C=O) groups excluding carboxylic acids is 2. The zero-order chi connectivity index (χ0) is 17.0. The number of hydrogen-bond acceptors (Lipinski definition) is 4. The first-order valence-corrected chi connectivity index (χ1v) is 7.60. The van der Waals surface area contributed by atoms with Crippen molar-refractivity contribution < 1.29 is 14.0 Å². The van der Waals surface area contributed by atoms with Crippen LogP contribution in [0.4, 0.5) is 10.1 Å². The molecule has 0 aliphatic rings. The van der Waals surface area contributed by atoms with Crippen molar-refractivity contribution in [2.24, 2.45) is 0 Å². The molecule has 0 spiro atoms. The Hall–Kier alpha value is -2.72. The van der Waals surface area contributed by atoms with Crippen LogP contribution >= 0.6 is 11.3 Å². The lowest BCUT2D eigenvalue weighted by Gasteiger charge is -2.12. The van der Waals surface area contributed by atoms with Gasteiger partial charge in [-0.2, -0.15) is 5.26 Å². The van der Waals surface area contributed by atoms with Gasteiger partial charge in [0.2, 0.25) is 0 Å². The zero-order valence-electron chi connectivity index (χ0n) is 12.5. The van der Waals surface area contributed by atoms with Gasteiger partial charge in [-0.05, 0) is 44.2 Å². The number of thiophene rings is 1. The second-order valence-electron chi connectivity index (χ2n) is 4.90. The number of aryl methyl sites for hydroxylation is 1. The van der Waals surface area contributed by atoms with Gasteiger partial charge in [-0.15, -0.1) is 11.3 Å². The van der Waals surface area contributed by atoms with Gasteiger partial charge in [0.1, 0.15) is 11.9 Å². The van der Waals surface area contributed by atoms with Crippen LogP contribution in [-0.4, -0.2) is 11.8 Å². The fraction of sp³-hybridized carbons (Fsp3) is 0.188. The molecule has 2 N–H and O–H groups in total. The quantitative estimate of drug-likeness (QED) is 0.849. The van der Waals surface area contributed by atoms with Crippen molar-refractivity contribution in [1.82, 2.24) is 5.32 Å². The summed E-state index contributed by atoms with van der Waals surface area (Å²) in [6, 6.07) is 8.72. The van der Waals surface area contributed by atoms with Crippen molar-refractivity contribution >= 4 is 28.8 Å². The van der Waals surface area contributed by atoms with E-state index in [1.54, 1.807) is 13.0 Å². The summed E-state index contributed by atoms with van der Waals surface area (Å²) in [5, 5.41) is 13.7. The minimum Gasteiger partial charge on any atom is -0.340 e. The Bertz CT molecular complexity index is 795. The fourth-order valence-electron chi connectivity index (χ4n) is 1.90. The second-order valence-corrected chi connectivity index (χ2v) is 6.22. The third-order valence-corrected chi connectivity index (χ3v) is 4.27. The van der Waals surface area contributed by atoms with Gasteiger partial charge in [0.25, 0.3) is 0 Å². The monoisotopic (exact) mass is 331 g/mol. The molecule has 1 heterocycles. The maximum absolute atomic E-state index is 13.2. The minimum atomic E-state index is -0.874. The highest BCUT2D eigenvalue weighted by Gasteiger charge is 2.18. The van der Waals surface area contributed by atoms with Crippen LogP contribution < -0.4 is 10.6 Å². The van der Waals surface area contributed by atoms with E-state index in [-0.39, 0.29) is 17.3 Å². The van der Waals surface area contributed by atoms with Gasteiger partial charge in [-0.25, -0.2) is 4.39 Å². The number of nitrogens with one attached hydrogen (secondary N) is 2. The molecular weight excluding hydrogens is 317 g/mol. The SMILES string of the molecule is Cc1ccc(C(C)NC(=O)C(=O)Nc2ccc(F)c(C#N)c2)s1. The van der Waals surface area contributed by atoms with Gasteiger partial charge in [0, 0.05) is 15.4 Å². The number of nitriles is 1. The first kappa shape index (κ1) is 16.6. The van der Waals surface area contributed by atoms with Crippen LogP contribution in [0.25, 0.3) is 0 Å². The number of rotatable bonds is 3. The molecule has 0 fully saturated rings. The van der Waals surface area contributed by atoms with Crippen molar-refractivity contribution in [1.29, 1.82) is 5.26 Å². The summed E-state index contributed by atoms with van der Waals surface area (Å²) in [6.45, 7) is 3.73. The Morgan fingerprint density at radius 1 is 1.26 bits per heavy atom. The third-order valence-electron chi connectivity index (χ3n) is 3.09. The molecule has 0 aliphatic carbocycles. The van der Waals surface area contributed by atoms with Gasteiger partial charge in [-0.1, -0.05) is 0 Å². The molecule has 23 heavy (non-hydrogen) atoms. The van der Waals surface area contributed by atoms with Crippen molar-refractivity contribution in [2.75, 3.05) is 5.32 Å². The Balaban J connectivity index is 2.00. The molecule has 0 radical (unpaired) electrons. The normalized spacial score (nSPS) is 11.4. The van der Waals surface area contributed by atoms with Gasteiger partial charge in [0.05, 0.1) is 11.6 Å². The minimum absolute atomic E-state index is 0.183. The van der Waals surface area contributed by atoms with E-state index in [1.807, 2.05) is 19.1 Å². The number of amides is 2. The molecule has 5 nitrogen and oxygen atoms in total. The average molecular weight is 331 g/mol. The summed E-state index contributed by atoms with van der Waals surface area (Å²) in [5.74, 6) is -2.36. The molecule has 0 bridgehead atoms. The molecule has 118 valence electrons. The molecule has 7 heteroatoms. The maximum Gasteiger partial charge on any atom is 0.313 e. The van der Waals surface area contributed by atoms with Gasteiger partial charge in [-0.3, -0.25) is 9.59 Å². The van der Waals surface area contributed by atoms with E-state index in [2.05, 4.69) is 10.6 Å². The fourth-order valence-corrected chi connectivity index (χ4v) is 2.78. The Labute approximate surface area is 136 Å². The first-order valence-electron chi connectivity index (χ1n) is 6.78. The van der Waals surface area contributed by atoms with Crippen LogP contribution in [0.5, 0.6) is 0 Å². The van der Waals surface area contributed by atoms with Gasteiger partial charge in [0.15, 0.2) is 0 Å². The van der Waals surface area contributed by atoms with E-state index in [4.69, 9.17) is 5.26 Å². The number of halogens is 1. The Morgan fingerprint density at radius 2 is 2.00 bits per heavy atom. The summed E-state index contributed by atoms with van der Waals surface area (Å²) >= 11 is 1.54. The van der Waals surface area contributed by atoms with Crippen molar-refractivity contribution in [3.05, 3.63) is 51.5 Å². The number of anilines is 1. The van der Waals surface area contributed by atoms with Crippen LogP contribution in [0.3, 0.4) is 0 Å². The highest BCUT2D eigenvalue weighted by atomic mass is 32.1. The van der Waals surface area contributed by atoms with E-state index in [1.165, 1.54) is 23.5 Å². The van der Waals surface area contributed by atoms with E-state index >= 15 is 0 Å². The number of carbonyl (C=O) groups is 2. The highest BCUT2D eigenvalue weighted by Crippen LogP contribution is 2.22. The molecule has 1 aromatic carbocycles. The molecule has 1 atom stereocenters. The lowest BCUT2D eigenvalue weighted by Crippen LogP contribution is -2.36. The van der Waals surface area contributed by atoms with Crippen molar-refractivity contribution in [3.63, 3.8) is 0 Å². The van der Waals surface area contributed by atoms with Crippen LogP contribution in [0, 0.1) is 24.1 Å². The maximum atomic E-state index is 13.2. The molecule has 2 aromatic rings. The van der Waals surface area contributed by atoms with Crippen LogP contribution in [0.15, 0.2) is 30.3 Å². The molecule has 2 rings (SSSR count). The molecule has 0 aliphatic heterocycles. The predicted molar refractivity (Wildman–Crippen MR) is 85.4 cm³/mol. The molecular formula is C16H14FN3O2S. The van der Waals surface area contributed by atoms with Gasteiger partial charge < -0.3 is 10.6 Å². The number of benzene rings is 1. The summed E-state index contributed by atoms with van der Waals surface area (Å²) in [6.07, 6.45) is 0. The second kappa shape index (κ2) is 7.03. The van der Waals surface area contributed by atoms with E-state index in [0.29, 0.717) is 0 Å². The van der Waals surface area contributed by atoms with Crippen molar-refractivity contribution in [3.8, 4) is 6.07 Å². The van der Waals surface area contributed by atoms with Crippen LogP contribution in [0.2, 0.25) is 0 Å². The van der Waals surface area contributed by atoms with Crippen molar-refractivity contribution in [2.45, 2.75) is 19.9 Å². The molecule has 0 saturated heterocycles. The third kappa shape index (κ3) is 4.14. The molecule has 1 aromatic heterocycles. The molecule has 0 saturated carbocycles. The predicted octanol–water partition coefficient (Wildman–Crippen LogP) is 2.88. The smallest absolute Gasteiger partial charge is 0.313 e. The van der Waals surface area contributed by atoms with E-state index < -0.39 is 17.6 Å². The standard InChI is InChI=1S/C16H14FN3O2S/c1-9-3-6-14(23-9)10(2)19-15(21)16(22)20-12-4-5-13(17)11(7-12)8-18/h3-7,10H,1-2H3,(H,19,21)(H,20,22). The van der Waals surface area contributed by atoms with E-state index in [0.717, 1.165) is 15.8 Å².